The van der Waals surface area contributed by atoms with Crippen molar-refractivity contribution in [1.29, 1.82) is 0 Å². The average molecular weight is 176 g/mol. The summed E-state index contributed by atoms with van der Waals surface area (Å²) in [7, 11) is 0. The van der Waals surface area contributed by atoms with Crippen LogP contribution in [0, 0.1) is 0 Å². The summed E-state index contributed by atoms with van der Waals surface area (Å²) < 4.78 is 0. The zero-order chi connectivity index (χ0) is 0. The van der Waals surface area contributed by atoms with Crippen LogP contribution in [0.1, 0.15) is 0 Å². The second kappa shape index (κ2) is 30.2. The van der Waals surface area contributed by atoms with Gasteiger partial charge in [0.05, 0.1) is 0 Å². The van der Waals surface area contributed by atoms with Gasteiger partial charge in [0.1, 0.15) is 0 Å². The monoisotopic (exact) mass is 176 g/mol. The van der Waals surface area contributed by atoms with Gasteiger partial charge in [0, 0.05) is 37.7 Å². The van der Waals surface area contributed by atoms with E-state index in [2.05, 4.69) is 0 Å². The summed E-state index contributed by atoms with van der Waals surface area (Å²) in [5, 5.41) is 0. The standard InChI is InChI=1S/Ca.4H2S/h;4*1H2. The van der Waals surface area contributed by atoms with E-state index in [1.54, 1.807) is 0 Å². The molecule has 0 saturated heterocycles. The normalized spacial score (nSPS) is 0. The van der Waals surface area contributed by atoms with Crippen molar-refractivity contribution in [2.45, 2.75) is 0 Å². The summed E-state index contributed by atoms with van der Waals surface area (Å²) in [6.45, 7) is 0. The molecule has 0 aromatic heterocycles. The zero-order valence-electron chi connectivity index (χ0n) is 2.71. The molecule has 5 heavy (non-hydrogen) atoms. The number of hydrogen-bond donors (Lipinski definition) is 0. The van der Waals surface area contributed by atoms with Gasteiger partial charge in [-0.15, -0.1) is 0 Å². The topological polar surface area (TPSA) is 0 Å². The zero-order valence-corrected chi connectivity index (χ0v) is 8.92. The molecule has 0 rings (SSSR count). The Balaban J connectivity index is 0. The Morgan fingerprint density at radius 3 is 0.400 bits per heavy atom. The predicted octanol–water partition coefficient (Wildman–Crippen LogP) is 0.0704. The van der Waals surface area contributed by atoms with E-state index in [0.29, 0.717) is 0 Å². The second-order valence-corrected chi connectivity index (χ2v) is 0. The van der Waals surface area contributed by atoms with Crippen LogP contribution in [0.2, 0.25) is 0 Å². The molecular weight excluding hydrogens is 168 g/mol. The summed E-state index contributed by atoms with van der Waals surface area (Å²) in [5.41, 5.74) is 0. The second-order valence-electron chi connectivity index (χ2n) is 0. The maximum atomic E-state index is 0. The van der Waals surface area contributed by atoms with Gasteiger partial charge in [-0.2, -0.15) is 54.0 Å². The molecule has 0 aliphatic rings. The Kier molecular flexibility index (Phi) is 290. The van der Waals surface area contributed by atoms with Crippen LogP contribution < -0.4 is 0 Å². The molecule has 0 N–H and O–H groups in total. The van der Waals surface area contributed by atoms with Crippen molar-refractivity contribution in [1.82, 2.24) is 0 Å². The molecule has 5 heteroatoms. The van der Waals surface area contributed by atoms with Crippen molar-refractivity contribution in [2.75, 3.05) is 0 Å². The van der Waals surface area contributed by atoms with E-state index >= 15 is 0 Å². The summed E-state index contributed by atoms with van der Waals surface area (Å²) in [6.07, 6.45) is 0. The fourth-order valence-electron chi connectivity index (χ4n) is 0. The van der Waals surface area contributed by atoms with E-state index < -0.39 is 0 Å². The van der Waals surface area contributed by atoms with E-state index in [4.69, 9.17) is 0 Å². The minimum atomic E-state index is 0. The maximum absolute atomic E-state index is 0. The molecule has 0 spiro atoms. The van der Waals surface area contributed by atoms with E-state index in [0.717, 1.165) is 0 Å². The predicted molar refractivity (Wildman–Crippen MR) is 47.3 cm³/mol. The van der Waals surface area contributed by atoms with Crippen LogP contribution in [-0.4, -0.2) is 37.7 Å². The van der Waals surface area contributed by atoms with Crippen molar-refractivity contribution in [2.24, 2.45) is 0 Å². The average Bonchev–Trinajstić information content (AvgIpc) is 0. The van der Waals surface area contributed by atoms with Crippen LogP contribution in [0.5, 0.6) is 0 Å². The third kappa shape index (κ3) is 20.4. The van der Waals surface area contributed by atoms with Gasteiger partial charge in [-0.1, -0.05) is 0 Å². The van der Waals surface area contributed by atoms with Gasteiger partial charge in [0.15, 0.2) is 0 Å². The van der Waals surface area contributed by atoms with Gasteiger partial charge < -0.3 is 0 Å². The number of rotatable bonds is 0. The quantitative estimate of drug-likeness (QED) is 0.458. The molecule has 0 aromatic rings. The molecule has 2 radical (unpaired) electrons. The molecule has 0 nitrogen and oxygen atoms in total. The molecule has 0 atom stereocenters. The van der Waals surface area contributed by atoms with Crippen molar-refractivity contribution in [3.05, 3.63) is 0 Å². The van der Waals surface area contributed by atoms with E-state index in [-0.39, 0.29) is 91.7 Å². The van der Waals surface area contributed by atoms with Crippen molar-refractivity contribution < 1.29 is 0 Å². The summed E-state index contributed by atoms with van der Waals surface area (Å²) in [4.78, 5) is 0. The van der Waals surface area contributed by atoms with Gasteiger partial charge in [-0.25, -0.2) is 0 Å². The van der Waals surface area contributed by atoms with Crippen LogP contribution in [0.25, 0.3) is 0 Å². The summed E-state index contributed by atoms with van der Waals surface area (Å²) in [5.74, 6) is 0. The third-order valence-electron chi connectivity index (χ3n) is 0. The Labute approximate surface area is 90.3 Å². The van der Waals surface area contributed by atoms with E-state index in [9.17, 15) is 0 Å². The summed E-state index contributed by atoms with van der Waals surface area (Å²) in [6, 6.07) is 0. The molecule has 0 amide bonds. The molecule has 0 aliphatic heterocycles. The fourth-order valence-corrected chi connectivity index (χ4v) is 0. The molecule has 0 aromatic carbocycles. The first-order valence-electron chi connectivity index (χ1n) is 0. The third-order valence-corrected chi connectivity index (χ3v) is 0. The van der Waals surface area contributed by atoms with Crippen molar-refractivity contribution in [3.63, 3.8) is 0 Å². The molecule has 0 fully saturated rings. The van der Waals surface area contributed by atoms with Crippen LogP contribution in [0.3, 0.4) is 0 Å². The van der Waals surface area contributed by atoms with Gasteiger partial charge in [0.2, 0.25) is 0 Å². The fraction of sp³-hybridized carbons (Fsp3) is 0. The first-order valence-corrected chi connectivity index (χ1v) is 0. The number of hydrogen-bond acceptors (Lipinski definition) is 0. The summed E-state index contributed by atoms with van der Waals surface area (Å²) >= 11 is 0. The Bertz CT molecular complexity index is 3.61. The largest absolute Gasteiger partial charge is 0.197 e. The molecule has 0 heterocycles. The van der Waals surface area contributed by atoms with Crippen LogP contribution >= 0.6 is 54.0 Å². The SMILES string of the molecule is S.S.S.S.[Ca]. The Hall–Kier alpha value is 2.66. The molecule has 0 aliphatic carbocycles. The molecule has 0 bridgehead atoms. The van der Waals surface area contributed by atoms with Crippen LogP contribution in [0.4, 0.5) is 0 Å². The Morgan fingerprint density at radius 2 is 0.400 bits per heavy atom. The minimum absolute atomic E-state index is 0. The van der Waals surface area contributed by atoms with E-state index in [1.807, 2.05) is 0 Å². The smallest absolute Gasteiger partial charge is 0 e. The Morgan fingerprint density at radius 1 is 0.400 bits per heavy atom. The maximum Gasteiger partial charge on any atom is 0 e. The molecule has 34 valence electrons. The van der Waals surface area contributed by atoms with Crippen LogP contribution in [0.15, 0.2) is 0 Å². The van der Waals surface area contributed by atoms with Crippen LogP contribution in [-0.2, 0) is 0 Å². The van der Waals surface area contributed by atoms with Gasteiger partial charge in [0.25, 0.3) is 0 Å². The molecule has 0 saturated carbocycles. The molecular formula is H8CaS4. The van der Waals surface area contributed by atoms with Gasteiger partial charge >= 0.3 is 0 Å². The van der Waals surface area contributed by atoms with E-state index in [1.165, 1.54) is 0 Å². The van der Waals surface area contributed by atoms with Crippen molar-refractivity contribution in [3.8, 4) is 0 Å². The first-order chi connectivity index (χ1) is 0. The van der Waals surface area contributed by atoms with Crippen molar-refractivity contribution >= 4 is 91.7 Å². The minimum Gasteiger partial charge on any atom is -0.197 e. The molecule has 0 unspecified atom stereocenters. The first kappa shape index (κ1) is 48.0. The van der Waals surface area contributed by atoms with Gasteiger partial charge in [-0.3, -0.25) is 0 Å². The van der Waals surface area contributed by atoms with Gasteiger partial charge in [-0.05, 0) is 0 Å².